The molecule has 0 aliphatic rings. The Bertz CT molecular complexity index is 520. The van der Waals surface area contributed by atoms with Crippen LogP contribution in [0.1, 0.15) is 57.9 Å². The highest BCUT2D eigenvalue weighted by Crippen LogP contribution is 2.11. The predicted octanol–water partition coefficient (Wildman–Crippen LogP) is 4.29. The minimum Gasteiger partial charge on any atom is -0.356 e. The quantitative estimate of drug-likeness (QED) is 0.211. The summed E-state index contributed by atoms with van der Waals surface area (Å²) >= 11 is 0. The minimum atomic E-state index is 0. The number of hydrogen-bond acceptors (Lipinski definition) is 2. The zero-order valence-corrected chi connectivity index (χ0v) is 18.1. The zero-order chi connectivity index (χ0) is 17.6. The predicted molar refractivity (Wildman–Crippen MR) is 118 cm³/mol. The van der Waals surface area contributed by atoms with Gasteiger partial charge < -0.3 is 16.0 Å². The Kier molecular flexibility index (Phi) is 14.2. The maximum Gasteiger partial charge on any atom is 0.224 e. The highest BCUT2D eigenvalue weighted by Gasteiger charge is 2.02. The maximum absolute atomic E-state index is 11.7. The van der Waals surface area contributed by atoms with Crippen molar-refractivity contribution < 1.29 is 4.79 Å². The van der Waals surface area contributed by atoms with Crippen molar-refractivity contribution in [2.75, 3.05) is 18.9 Å². The number of amides is 1. The summed E-state index contributed by atoms with van der Waals surface area (Å²) in [5.74, 6) is 0.874. The number of guanidine groups is 1. The summed E-state index contributed by atoms with van der Waals surface area (Å²) in [6, 6.07) is 7.91. The molecular formula is C19H33IN4O. The average molecular weight is 460 g/mol. The SMILES string of the molecule is CCCCCCNC(=NC)NCc1cccc(NC(=O)CCC)c1.I. The molecule has 5 nitrogen and oxygen atoms in total. The van der Waals surface area contributed by atoms with E-state index in [9.17, 15) is 4.79 Å². The molecule has 0 spiro atoms. The number of rotatable bonds is 10. The lowest BCUT2D eigenvalue weighted by Gasteiger charge is -2.12. The molecule has 0 heterocycles. The van der Waals surface area contributed by atoms with Crippen molar-refractivity contribution in [1.82, 2.24) is 10.6 Å². The van der Waals surface area contributed by atoms with Gasteiger partial charge in [-0.3, -0.25) is 9.79 Å². The van der Waals surface area contributed by atoms with Crippen LogP contribution in [0.4, 0.5) is 5.69 Å². The zero-order valence-electron chi connectivity index (χ0n) is 15.7. The molecule has 0 aliphatic carbocycles. The highest BCUT2D eigenvalue weighted by molar-refractivity contribution is 14.0. The van der Waals surface area contributed by atoms with Crippen LogP contribution < -0.4 is 16.0 Å². The third kappa shape index (κ3) is 11.0. The number of aliphatic imine (C=N–C) groups is 1. The monoisotopic (exact) mass is 460 g/mol. The lowest BCUT2D eigenvalue weighted by molar-refractivity contribution is -0.116. The van der Waals surface area contributed by atoms with Gasteiger partial charge in [0, 0.05) is 32.2 Å². The van der Waals surface area contributed by atoms with Crippen molar-refractivity contribution in [1.29, 1.82) is 0 Å². The Balaban J connectivity index is 0.00000576. The number of anilines is 1. The molecule has 0 fully saturated rings. The third-order valence-electron chi connectivity index (χ3n) is 3.69. The fourth-order valence-electron chi connectivity index (χ4n) is 2.37. The van der Waals surface area contributed by atoms with Crippen LogP contribution in [0.2, 0.25) is 0 Å². The van der Waals surface area contributed by atoms with Gasteiger partial charge in [0.25, 0.3) is 0 Å². The Morgan fingerprint density at radius 2 is 1.88 bits per heavy atom. The second kappa shape index (κ2) is 15.0. The van der Waals surface area contributed by atoms with Gasteiger partial charge in [-0.2, -0.15) is 0 Å². The summed E-state index contributed by atoms with van der Waals surface area (Å²) in [5.41, 5.74) is 1.95. The molecule has 1 amide bonds. The third-order valence-corrected chi connectivity index (χ3v) is 3.69. The van der Waals surface area contributed by atoms with E-state index >= 15 is 0 Å². The Morgan fingerprint density at radius 1 is 1.08 bits per heavy atom. The van der Waals surface area contributed by atoms with E-state index in [1.54, 1.807) is 7.05 Å². The fraction of sp³-hybridized carbons (Fsp3) is 0.579. The molecule has 0 aliphatic heterocycles. The highest BCUT2D eigenvalue weighted by atomic mass is 127. The number of benzene rings is 1. The largest absolute Gasteiger partial charge is 0.356 e. The lowest BCUT2D eigenvalue weighted by Crippen LogP contribution is -2.37. The number of halogens is 1. The molecule has 0 unspecified atom stereocenters. The summed E-state index contributed by atoms with van der Waals surface area (Å²) in [4.78, 5) is 15.9. The van der Waals surface area contributed by atoms with Crippen molar-refractivity contribution in [2.24, 2.45) is 4.99 Å². The molecule has 0 atom stereocenters. The Hall–Kier alpha value is -1.31. The number of unbranched alkanes of at least 4 members (excludes halogenated alkanes) is 3. The molecule has 0 bridgehead atoms. The van der Waals surface area contributed by atoms with Gasteiger partial charge >= 0.3 is 0 Å². The second-order valence-electron chi connectivity index (χ2n) is 5.91. The molecule has 6 heteroatoms. The van der Waals surface area contributed by atoms with E-state index in [0.717, 1.165) is 36.6 Å². The Labute approximate surface area is 169 Å². The van der Waals surface area contributed by atoms with Crippen LogP contribution in [-0.2, 0) is 11.3 Å². The molecule has 142 valence electrons. The van der Waals surface area contributed by atoms with Crippen LogP contribution in [0, 0.1) is 0 Å². The van der Waals surface area contributed by atoms with Gasteiger partial charge in [-0.25, -0.2) is 0 Å². The topological polar surface area (TPSA) is 65.5 Å². The summed E-state index contributed by atoms with van der Waals surface area (Å²) < 4.78 is 0. The summed E-state index contributed by atoms with van der Waals surface area (Å²) in [6.45, 7) is 5.83. The summed E-state index contributed by atoms with van der Waals surface area (Å²) in [5, 5.41) is 9.57. The number of carbonyl (C=O) groups is 1. The van der Waals surface area contributed by atoms with Crippen molar-refractivity contribution in [3.63, 3.8) is 0 Å². The normalized spacial score (nSPS) is 10.8. The van der Waals surface area contributed by atoms with E-state index in [1.165, 1.54) is 19.3 Å². The van der Waals surface area contributed by atoms with Gasteiger partial charge in [0.15, 0.2) is 5.96 Å². The van der Waals surface area contributed by atoms with Crippen molar-refractivity contribution >= 4 is 41.5 Å². The summed E-state index contributed by atoms with van der Waals surface area (Å²) in [6.07, 6.45) is 6.35. The molecule has 0 radical (unpaired) electrons. The number of nitrogens with one attached hydrogen (secondary N) is 3. The fourth-order valence-corrected chi connectivity index (χ4v) is 2.37. The molecule has 0 saturated heterocycles. The molecule has 1 aromatic rings. The van der Waals surface area contributed by atoms with E-state index in [-0.39, 0.29) is 29.9 Å². The lowest BCUT2D eigenvalue weighted by atomic mass is 10.2. The smallest absolute Gasteiger partial charge is 0.224 e. The van der Waals surface area contributed by atoms with Gasteiger partial charge in [-0.15, -0.1) is 24.0 Å². The van der Waals surface area contributed by atoms with E-state index in [1.807, 2.05) is 31.2 Å². The van der Waals surface area contributed by atoms with Crippen LogP contribution in [-0.4, -0.2) is 25.5 Å². The summed E-state index contributed by atoms with van der Waals surface area (Å²) in [7, 11) is 1.78. The van der Waals surface area contributed by atoms with Crippen LogP contribution in [0.15, 0.2) is 29.3 Å². The van der Waals surface area contributed by atoms with E-state index in [0.29, 0.717) is 13.0 Å². The Morgan fingerprint density at radius 3 is 2.56 bits per heavy atom. The molecule has 0 saturated carbocycles. The molecule has 3 N–H and O–H groups in total. The van der Waals surface area contributed by atoms with Gasteiger partial charge in [0.05, 0.1) is 0 Å². The molecule has 25 heavy (non-hydrogen) atoms. The first-order chi connectivity index (χ1) is 11.7. The second-order valence-corrected chi connectivity index (χ2v) is 5.91. The molecule has 1 rings (SSSR count). The van der Waals surface area contributed by atoms with Gasteiger partial charge in [0.1, 0.15) is 0 Å². The van der Waals surface area contributed by atoms with Gasteiger partial charge in [-0.05, 0) is 30.5 Å². The van der Waals surface area contributed by atoms with Crippen LogP contribution in [0.25, 0.3) is 0 Å². The number of hydrogen-bond donors (Lipinski definition) is 3. The number of nitrogens with zero attached hydrogens (tertiary/aromatic N) is 1. The van der Waals surface area contributed by atoms with Crippen LogP contribution in [0.3, 0.4) is 0 Å². The number of carbonyl (C=O) groups excluding carboxylic acids is 1. The van der Waals surface area contributed by atoms with Gasteiger partial charge in [0.2, 0.25) is 5.91 Å². The standard InChI is InChI=1S/C19H32N4O.HI/c1-4-6-7-8-13-21-19(20-3)22-15-16-11-9-12-17(14-16)23-18(24)10-5-2;/h9,11-12,14H,4-8,10,13,15H2,1-3H3,(H,23,24)(H2,20,21,22);1H. The maximum atomic E-state index is 11.7. The molecular weight excluding hydrogens is 427 g/mol. The van der Waals surface area contributed by atoms with Crippen molar-refractivity contribution in [3.8, 4) is 0 Å². The first-order valence-electron chi connectivity index (χ1n) is 9.02. The first-order valence-corrected chi connectivity index (χ1v) is 9.02. The molecule has 0 aromatic heterocycles. The molecule has 1 aromatic carbocycles. The van der Waals surface area contributed by atoms with E-state index < -0.39 is 0 Å². The van der Waals surface area contributed by atoms with E-state index in [2.05, 4.69) is 27.9 Å². The van der Waals surface area contributed by atoms with Crippen molar-refractivity contribution in [3.05, 3.63) is 29.8 Å². The van der Waals surface area contributed by atoms with Crippen LogP contribution >= 0.6 is 24.0 Å². The minimum absolute atomic E-state index is 0. The van der Waals surface area contributed by atoms with E-state index in [4.69, 9.17) is 0 Å². The average Bonchev–Trinajstić information content (AvgIpc) is 2.58. The first kappa shape index (κ1) is 23.7. The van der Waals surface area contributed by atoms with Crippen molar-refractivity contribution in [2.45, 2.75) is 58.9 Å². The van der Waals surface area contributed by atoms with Gasteiger partial charge in [-0.1, -0.05) is 45.2 Å². The van der Waals surface area contributed by atoms with Crippen LogP contribution in [0.5, 0.6) is 0 Å².